The first-order valence-electron chi connectivity index (χ1n) is 3.71. The summed E-state index contributed by atoms with van der Waals surface area (Å²) in [5.74, 6) is 1.01. The van der Waals surface area contributed by atoms with Crippen LogP contribution in [0, 0.1) is 6.92 Å². The van der Waals surface area contributed by atoms with Crippen molar-refractivity contribution in [1.29, 1.82) is 0 Å². The van der Waals surface area contributed by atoms with Crippen LogP contribution in [0.1, 0.15) is 11.1 Å². The quantitative estimate of drug-likeness (QED) is 0.555. The summed E-state index contributed by atoms with van der Waals surface area (Å²) in [4.78, 5) is 0. The highest BCUT2D eigenvalue weighted by Crippen LogP contribution is 2.31. The molecule has 1 aromatic carbocycles. The second kappa shape index (κ2) is 2.16. The van der Waals surface area contributed by atoms with E-state index in [4.69, 9.17) is 4.74 Å². The molecule has 11 heavy (non-hydrogen) atoms. The molecule has 0 unspecified atom stereocenters. The Morgan fingerprint density at radius 1 is 1.45 bits per heavy atom. The molecule has 1 radical (unpaired) electrons. The van der Waals surface area contributed by atoms with E-state index in [1.165, 1.54) is 0 Å². The molecule has 1 aromatic rings. The summed E-state index contributed by atoms with van der Waals surface area (Å²) in [5.41, 5.74) is 1.83. The maximum atomic E-state index is 11.1. The lowest BCUT2D eigenvalue weighted by atomic mass is 10.1. The molecule has 1 heterocycles. The average molecular weight is 149 g/mol. The van der Waals surface area contributed by atoms with Crippen molar-refractivity contribution in [2.75, 3.05) is 6.61 Å². The summed E-state index contributed by atoms with van der Waals surface area (Å²) in [5, 5.41) is 11.1. The van der Waals surface area contributed by atoms with Crippen LogP contribution in [0.25, 0.3) is 0 Å². The largest absolute Gasteiger partial charge is 0.493 e. The average Bonchev–Trinajstić information content (AvgIpc) is 2.36. The van der Waals surface area contributed by atoms with Gasteiger partial charge >= 0.3 is 0 Å². The number of ether oxygens (including phenoxy) is 1. The topological polar surface area (TPSA) is 29.1 Å². The predicted molar refractivity (Wildman–Crippen MR) is 40.5 cm³/mol. The summed E-state index contributed by atoms with van der Waals surface area (Å²) in [6.07, 6.45) is 0.880. The third kappa shape index (κ3) is 0.946. The molecule has 0 N–H and O–H groups in total. The van der Waals surface area contributed by atoms with Gasteiger partial charge in [0.05, 0.1) is 6.61 Å². The van der Waals surface area contributed by atoms with Crippen molar-refractivity contribution in [3.05, 3.63) is 23.3 Å². The fraction of sp³-hybridized carbons (Fsp3) is 0.333. The summed E-state index contributed by atoms with van der Waals surface area (Å²) in [7, 11) is 0. The molecule has 2 nitrogen and oxygen atoms in total. The molecule has 2 rings (SSSR count). The van der Waals surface area contributed by atoms with Gasteiger partial charge in [-0.2, -0.15) is 0 Å². The van der Waals surface area contributed by atoms with E-state index >= 15 is 0 Å². The molecular weight excluding hydrogens is 140 g/mol. The summed E-state index contributed by atoms with van der Waals surface area (Å²) < 4.78 is 5.30. The van der Waals surface area contributed by atoms with Crippen LogP contribution in [-0.4, -0.2) is 6.61 Å². The lowest BCUT2D eigenvalue weighted by Gasteiger charge is -1.99. The monoisotopic (exact) mass is 149 g/mol. The van der Waals surface area contributed by atoms with Crippen LogP contribution >= 0.6 is 0 Å². The summed E-state index contributed by atoms with van der Waals surface area (Å²) in [6, 6.07) is 3.50. The third-order valence-corrected chi connectivity index (χ3v) is 1.99. The van der Waals surface area contributed by atoms with E-state index in [0.717, 1.165) is 29.9 Å². The molecule has 0 spiro atoms. The van der Waals surface area contributed by atoms with E-state index in [9.17, 15) is 5.11 Å². The molecule has 2 heteroatoms. The fourth-order valence-electron chi connectivity index (χ4n) is 1.30. The van der Waals surface area contributed by atoms with Crippen LogP contribution in [0.5, 0.6) is 11.5 Å². The molecule has 57 valence electrons. The Morgan fingerprint density at radius 3 is 3.09 bits per heavy atom. The van der Waals surface area contributed by atoms with Gasteiger partial charge in [0.25, 0.3) is 0 Å². The Bertz CT molecular complexity index is 263. The summed E-state index contributed by atoms with van der Waals surface area (Å²) >= 11 is 0. The first kappa shape index (κ1) is 6.53. The Balaban J connectivity index is 2.57. The first-order valence-corrected chi connectivity index (χ1v) is 3.71. The van der Waals surface area contributed by atoms with Crippen molar-refractivity contribution >= 4 is 0 Å². The second-order valence-corrected chi connectivity index (χ2v) is 2.82. The lowest BCUT2D eigenvalue weighted by Crippen LogP contribution is -1.86. The van der Waals surface area contributed by atoms with Crippen molar-refractivity contribution in [3.8, 4) is 11.5 Å². The molecule has 0 aliphatic carbocycles. The van der Waals surface area contributed by atoms with Gasteiger partial charge in [-0.3, -0.25) is 5.11 Å². The molecule has 0 bridgehead atoms. The predicted octanol–water partition coefficient (Wildman–Crippen LogP) is 2.07. The molecule has 0 atom stereocenters. The second-order valence-electron chi connectivity index (χ2n) is 2.82. The Kier molecular flexibility index (Phi) is 1.28. The van der Waals surface area contributed by atoms with E-state index < -0.39 is 0 Å². The maximum Gasteiger partial charge on any atom is 0.182 e. The Morgan fingerprint density at radius 2 is 2.27 bits per heavy atom. The molecule has 1 aliphatic heterocycles. The molecule has 0 fully saturated rings. The van der Waals surface area contributed by atoms with Gasteiger partial charge < -0.3 is 4.74 Å². The lowest BCUT2D eigenvalue weighted by molar-refractivity contribution is 0.347. The number of rotatable bonds is 0. The van der Waals surface area contributed by atoms with E-state index in [-0.39, 0.29) is 5.75 Å². The minimum atomic E-state index is 0.120. The van der Waals surface area contributed by atoms with Gasteiger partial charge in [0, 0.05) is 17.5 Å². The van der Waals surface area contributed by atoms with Crippen LogP contribution in [0.4, 0.5) is 0 Å². The zero-order chi connectivity index (χ0) is 7.84. The highest BCUT2D eigenvalue weighted by atomic mass is 16.5. The van der Waals surface area contributed by atoms with Crippen molar-refractivity contribution in [2.45, 2.75) is 13.3 Å². The minimum Gasteiger partial charge on any atom is -0.493 e. The van der Waals surface area contributed by atoms with Crippen molar-refractivity contribution in [3.63, 3.8) is 0 Å². The SMILES string of the molecule is Cc1cc2c(cc1[O])CCO2. The van der Waals surface area contributed by atoms with Gasteiger partial charge in [-0.1, -0.05) is 0 Å². The van der Waals surface area contributed by atoms with Gasteiger partial charge in [0.15, 0.2) is 5.75 Å². The standard InChI is InChI=1S/C9H9O2/c1-6-4-9-7(2-3-11-9)5-8(6)10/h4-5H,2-3H2,1H3. The van der Waals surface area contributed by atoms with Crippen LogP contribution in [-0.2, 0) is 11.5 Å². The van der Waals surface area contributed by atoms with Crippen LogP contribution in [0.15, 0.2) is 12.1 Å². The van der Waals surface area contributed by atoms with E-state index in [1.54, 1.807) is 6.07 Å². The zero-order valence-electron chi connectivity index (χ0n) is 6.39. The number of benzene rings is 1. The molecule has 1 aliphatic rings. The molecule has 0 amide bonds. The van der Waals surface area contributed by atoms with E-state index in [0.29, 0.717) is 0 Å². The zero-order valence-corrected chi connectivity index (χ0v) is 6.39. The molecule has 0 aromatic heterocycles. The number of aryl methyl sites for hydroxylation is 1. The molecular formula is C9H9O2. The highest BCUT2D eigenvalue weighted by Gasteiger charge is 2.14. The van der Waals surface area contributed by atoms with Crippen LogP contribution in [0.3, 0.4) is 0 Å². The van der Waals surface area contributed by atoms with Gasteiger partial charge in [0.1, 0.15) is 5.75 Å². The van der Waals surface area contributed by atoms with Gasteiger partial charge in [0.2, 0.25) is 0 Å². The summed E-state index contributed by atoms with van der Waals surface area (Å²) in [6.45, 7) is 2.53. The smallest absolute Gasteiger partial charge is 0.182 e. The van der Waals surface area contributed by atoms with Gasteiger partial charge in [-0.15, -0.1) is 0 Å². The van der Waals surface area contributed by atoms with Crippen molar-refractivity contribution in [1.82, 2.24) is 0 Å². The maximum absolute atomic E-state index is 11.1. The van der Waals surface area contributed by atoms with Crippen molar-refractivity contribution in [2.24, 2.45) is 0 Å². The van der Waals surface area contributed by atoms with Crippen LogP contribution < -0.4 is 4.74 Å². The molecule has 0 saturated heterocycles. The first-order chi connectivity index (χ1) is 5.27. The number of hydrogen-bond donors (Lipinski definition) is 0. The van der Waals surface area contributed by atoms with Gasteiger partial charge in [-0.25, -0.2) is 0 Å². The fourth-order valence-corrected chi connectivity index (χ4v) is 1.30. The Hall–Kier alpha value is -1.18. The highest BCUT2D eigenvalue weighted by molar-refractivity contribution is 5.46. The third-order valence-electron chi connectivity index (χ3n) is 1.99. The van der Waals surface area contributed by atoms with Crippen molar-refractivity contribution < 1.29 is 9.84 Å². The van der Waals surface area contributed by atoms with Gasteiger partial charge in [-0.05, 0) is 19.1 Å². The van der Waals surface area contributed by atoms with E-state index in [2.05, 4.69) is 0 Å². The number of fused-ring (bicyclic) bond motifs is 1. The van der Waals surface area contributed by atoms with E-state index in [1.807, 2.05) is 13.0 Å². The molecule has 0 saturated carbocycles. The normalized spacial score (nSPS) is 14.3. The minimum absolute atomic E-state index is 0.120. The van der Waals surface area contributed by atoms with Crippen LogP contribution in [0.2, 0.25) is 0 Å². The Labute approximate surface area is 65.4 Å². The number of hydrogen-bond acceptors (Lipinski definition) is 1.